The zero-order valence-corrected chi connectivity index (χ0v) is 13.0. The zero-order valence-electron chi connectivity index (χ0n) is 11.4. The van der Waals surface area contributed by atoms with E-state index in [1.807, 2.05) is 29.8 Å². The molecule has 0 bridgehead atoms. The van der Waals surface area contributed by atoms with Gasteiger partial charge in [-0.2, -0.15) is 11.3 Å². The number of rotatable bonds is 6. The summed E-state index contributed by atoms with van der Waals surface area (Å²) in [6, 6.07) is 8.76. The first-order valence-electron chi connectivity index (χ1n) is 6.14. The third-order valence-electron chi connectivity index (χ3n) is 2.96. The molecule has 1 atom stereocenters. The first-order valence-corrected chi connectivity index (χ1v) is 8.57. The second-order valence-corrected chi connectivity index (χ2v) is 7.00. The van der Waals surface area contributed by atoms with E-state index in [-0.39, 0.29) is 17.5 Å². The van der Waals surface area contributed by atoms with Crippen molar-refractivity contribution in [1.82, 2.24) is 4.72 Å². The predicted molar refractivity (Wildman–Crippen MR) is 80.4 cm³/mol. The monoisotopic (exact) mass is 311 g/mol. The van der Waals surface area contributed by atoms with Crippen molar-refractivity contribution in [3.05, 3.63) is 52.2 Å². The van der Waals surface area contributed by atoms with Crippen LogP contribution in [0, 0.1) is 6.92 Å². The molecule has 0 spiro atoms. The second kappa shape index (κ2) is 6.49. The molecule has 1 unspecified atom stereocenters. The highest BCUT2D eigenvalue weighted by Crippen LogP contribution is 2.19. The molecule has 108 valence electrons. The number of benzene rings is 1. The van der Waals surface area contributed by atoms with E-state index in [0.29, 0.717) is 0 Å². The molecular formula is C14H17NO3S2. The van der Waals surface area contributed by atoms with E-state index in [1.54, 1.807) is 36.6 Å². The van der Waals surface area contributed by atoms with E-state index >= 15 is 0 Å². The molecular weight excluding hydrogens is 294 g/mol. The van der Waals surface area contributed by atoms with E-state index in [4.69, 9.17) is 4.74 Å². The third kappa shape index (κ3) is 3.67. The highest BCUT2D eigenvalue weighted by Gasteiger charge is 2.18. The van der Waals surface area contributed by atoms with Crippen LogP contribution in [0.4, 0.5) is 0 Å². The SMILES string of the molecule is COC(CNS(=O)(=O)c1cccc(C)c1)c1ccsc1. The van der Waals surface area contributed by atoms with Gasteiger partial charge in [0.15, 0.2) is 0 Å². The van der Waals surface area contributed by atoms with Gasteiger partial charge >= 0.3 is 0 Å². The molecule has 2 aromatic rings. The van der Waals surface area contributed by atoms with E-state index in [0.717, 1.165) is 11.1 Å². The van der Waals surface area contributed by atoms with E-state index < -0.39 is 10.0 Å². The van der Waals surface area contributed by atoms with Gasteiger partial charge in [-0.05, 0) is 47.0 Å². The van der Waals surface area contributed by atoms with E-state index in [9.17, 15) is 8.42 Å². The average molecular weight is 311 g/mol. The van der Waals surface area contributed by atoms with Crippen molar-refractivity contribution >= 4 is 21.4 Å². The Morgan fingerprint density at radius 1 is 1.35 bits per heavy atom. The van der Waals surface area contributed by atoms with Crippen molar-refractivity contribution in [3.8, 4) is 0 Å². The minimum absolute atomic E-state index is 0.212. The van der Waals surface area contributed by atoms with Crippen LogP contribution >= 0.6 is 11.3 Å². The maximum atomic E-state index is 12.2. The second-order valence-electron chi connectivity index (χ2n) is 4.45. The molecule has 1 aromatic carbocycles. The molecule has 0 aliphatic rings. The van der Waals surface area contributed by atoms with Gasteiger partial charge in [-0.25, -0.2) is 13.1 Å². The Morgan fingerprint density at radius 2 is 2.15 bits per heavy atom. The van der Waals surface area contributed by atoms with Gasteiger partial charge in [0.2, 0.25) is 10.0 Å². The summed E-state index contributed by atoms with van der Waals surface area (Å²) in [5, 5.41) is 3.89. The molecule has 20 heavy (non-hydrogen) atoms. The molecule has 0 fully saturated rings. The van der Waals surface area contributed by atoms with Crippen LogP contribution in [0.5, 0.6) is 0 Å². The summed E-state index contributed by atoms with van der Waals surface area (Å²) >= 11 is 1.56. The molecule has 4 nitrogen and oxygen atoms in total. The quantitative estimate of drug-likeness (QED) is 0.892. The minimum atomic E-state index is -3.51. The lowest BCUT2D eigenvalue weighted by Crippen LogP contribution is -2.29. The first-order chi connectivity index (χ1) is 9.53. The summed E-state index contributed by atoms with van der Waals surface area (Å²) in [7, 11) is -1.93. The van der Waals surface area contributed by atoms with Crippen LogP contribution in [0.25, 0.3) is 0 Å². The van der Waals surface area contributed by atoms with Gasteiger partial charge in [0, 0.05) is 13.7 Å². The summed E-state index contributed by atoms with van der Waals surface area (Å²) in [4.78, 5) is 0.276. The van der Waals surface area contributed by atoms with Crippen molar-refractivity contribution in [3.63, 3.8) is 0 Å². The Hall–Kier alpha value is -1.21. The van der Waals surface area contributed by atoms with Crippen LogP contribution in [-0.2, 0) is 14.8 Å². The zero-order chi connectivity index (χ0) is 14.6. The average Bonchev–Trinajstić information content (AvgIpc) is 2.93. The Bertz CT molecular complexity index is 651. The lowest BCUT2D eigenvalue weighted by Gasteiger charge is -2.15. The Labute approximate surface area is 123 Å². The molecule has 0 aliphatic carbocycles. The van der Waals surface area contributed by atoms with Gasteiger partial charge in [0.05, 0.1) is 11.0 Å². The number of methoxy groups -OCH3 is 1. The standard InChI is InChI=1S/C14H17NO3S2/c1-11-4-3-5-13(8-11)20(16,17)15-9-14(18-2)12-6-7-19-10-12/h3-8,10,14-15H,9H2,1-2H3. The smallest absolute Gasteiger partial charge is 0.240 e. The summed E-state index contributed by atoms with van der Waals surface area (Å²) < 4.78 is 32.3. The van der Waals surface area contributed by atoms with Gasteiger partial charge in [-0.3, -0.25) is 0 Å². The fraction of sp³-hybridized carbons (Fsp3) is 0.286. The van der Waals surface area contributed by atoms with E-state index in [2.05, 4.69) is 4.72 Å². The van der Waals surface area contributed by atoms with Crippen molar-refractivity contribution in [2.75, 3.05) is 13.7 Å². The van der Waals surface area contributed by atoms with Crippen LogP contribution in [0.1, 0.15) is 17.2 Å². The molecule has 0 saturated carbocycles. The lowest BCUT2D eigenvalue weighted by molar-refractivity contribution is 0.107. The molecule has 1 N–H and O–H groups in total. The highest BCUT2D eigenvalue weighted by molar-refractivity contribution is 7.89. The maximum Gasteiger partial charge on any atom is 0.240 e. The fourth-order valence-electron chi connectivity index (χ4n) is 1.85. The minimum Gasteiger partial charge on any atom is -0.375 e. The van der Waals surface area contributed by atoms with Crippen LogP contribution < -0.4 is 4.72 Å². The largest absolute Gasteiger partial charge is 0.375 e. The van der Waals surface area contributed by atoms with Crippen LogP contribution in [-0.4, -0.2) is 22.1 Å². The number of hydrogen-bond donors (Lipinski definition) is 1. The summed E-state index contributed by atoms with van der Waals surface area (Å²) in [6.07, 6.45) is -0.277. The topological polar surface area (TPSA) is 55.4 Å². The van der Waals surface area contributed by atoms with Crippen LogP contribution in [0.3, 0.4) is 0 Å². The van der Waals surface area contributed by atoms with E-state index in [1.165, 1.54) is 0 Å². The normalized spacial score (nSPS) is 13.3. The van der Waals surface area contributed by atoms with Gasteiger partial charge in [-0.15, -0.1) is 0 Å². The van der Waals surface area contributed by atoms with Gasteiger partial charge < -0.3 is 4.74 Å². The first kappa shape index (κ1) is 15.2. The van der Waals surface area contributed by atoms with Crippen molar-refractivity contribution in [2.45, 2.75) is 17.9 Å². The molecule has 0 radical (unpaired) electrons. The highest BCUT2D eigenvalue weighted by atomic mass is 32.2. The molecule has 2 rings (SSSR count). The van der Waals surface area contributed by atoms with Crippen molar-refractivity contribution in [1.29, 1.82) is 0 Å². The van der Waals surface area contributed by atoms with Crippen molar-refractivity contribution < 1.29 is 13.2 Å². The molecule has 6 heteroatoms. The number of sulfonamides is 1. The Morgan fingerprint density at radius 3 is 2.75 bits per heavy atom. The molecule has 1 heterocycles. The Kier molecular flexibility index (Phi) is 4.93. The van der Waals surface area contributed by atoms with Crippen molar-refractivity contribution in [2.24, 2.45) is 0 Å². The van der Waals surface area contributed by atoms with Gasteiger partial charge in [-0.1, -0.05) is 12.1 Å². The number of hydrogen-bond acceptors (Lipinski definition) is 4. The van der Waals surface area contributed by atoms with Gasteiger partial charge in [0.1, 0.15) is 0 Å². The number of thiophene rings is 1. The number of aryl methyl sites for hydroxylation is 1. The molecule has 0 amide bonds. The number of ether oxygens (including phenoxy) is 1. The third-order valence-corrected chi connectivity index (χ3v) is 5.08. The lowest BCUT2D eigenvalue weighted by atomic mass is 10.2. The van der Waals surface area contributed by atoms with Gasteiger partial charge in [0.25, 0.3) is 0 Å². The summed E-state index contributed by atoms with van der Waals surface area (Å²) in [6.45, 7) is 2.08. The summed E-state index contributed by atoms with van der Waals surface area (Å²) in [5.41, 5.74) is 1.89. The van der Waals surface area contributed by atoms with Crippen LogP contribution in [0.2, 0.25) is 0 Å². The molecule has 0 saturated heterocycles. The molecule has 1 aromatic heterocycles. The predicted octanol–water partition coefficient (Wildman–Crippen LogP) is 2.72. The fourth-order valence-corrected chi connectivity index (χ4v) is 3.68. The summed E-state index contributed by atoms with van der Waals surface area (Å²) in [5.74, 6) is 0. The Balaban J connectivity index is 2.09. The van der Waals surface area contributed by atoms with Crippen LogP contribution in [0.15, 0.2) is 46.0 Å². The number of nitrogens with one attached hydrogen (secondary N) is 1. The maximum absolute atomic E-state index is 12.2. The molecule has 0 aliphatic heterocycles.